The van der Waals surface area contributed by atoms with Crippen molar-refractivity contribution in [1.29, 1.82) is 0 Å². The summed E-state index contributed by atoms with van der Waals surface area (Å²) in [6, 6.07) is 31.4. The Hall–Kier alpha value is -5.75. The molecule has 0 radical (unpaired) electrons. The Balaban J connectivity index is 1.33. The lowest BCUT2D eigenvalue weighted by Crippen LogP contribution is -1.96. The second-order valence-corrected chi connectivity index (χ2v) is 10.2. The van der Waals surface area contributed by atoms with Crippen molar-refractivity contribution in [3.63, 3.8) is 0 Å². The highest BCUT2D eigenvalue weighted by Gasteiger charge is 2.18. The van der Waals surface area contributed by atoms with Crippen LogP contribution < -0.4 is 0 Å². The van der Waals surface area contributed by atoms with Gasteiger partial charge in [-0.3, -0.25) is 15.0 Å². The summed E-state index contributed by atoms with van der Waals surface area (Å²) in [6.07, 6.45) is 7.38. The van der Waals surface area contributed by atoms with Crippen molar-refractivity contribution in [3.8, 4) is 11.4 Å². The smallest absolute Gasteiger partial charge is 0.153 e. The molecule has 0 unspecified atom stereocenters. The van der Waals surface area contributed by atoms with E-state index in [9.17, 15) is 0 Å². The van der Waals surface area contributed by atoms with E-state index in [1.165, 1.54) is 0 Å². The first-order valence-electron chi connectivity index (χ1n) is 13.5. The molecule has 6 aromatic heterocycles. The number of benzene rings is 3. The van der Waals surface area contributed by atoms with Crippen molar-refractivity contribution < 1.29 is 4.42 Å². The van der Waals surface area contributed by atoms with Crippen LogP contribution in [0.25, 0.3) is 83.4 Å². The zero-order valence-electron chi connectivity index (χ0n) is 21.8. The average Bonchev–Trinajstić information content (AvgIpc) is 3.67. The predicted molar refractivity (Wildman–Crippen MR) is 166 cm³/mol. The van der Waals surface area contributed by atoms with E-state index in [1.807, 2.05) is 48.8 Å². The number of aromatic nitrogens is 5. The Morgan fingerprint density at radius 3 is 1.83 bits per heavy atom. The van der Waals surface area contributed by atoms with Crippen LogP contribution in [0.2, 0.25) is 0 Å². The van der Waals surface area contributed by atoms with Crippen LogP contribution in [-0.4, -0.2) is 24.1 Å². The van der Waals surface area contributed by atoms with E-state index in [-0.39, 0.29) is 0 Å². The number of hydrogen-bond acceptors (Lipinski definition) is 4. The molecule has 9 rings (SSSR count). The minimum Gasteiger partial charge on any atom is -0.454 e. The standard InChI is InChI=1S/C35H21N5O/c1-2-21-9-12-27-24(18-21)33-29(6-3-15-36-33)39(27)22-10-13-28-25(19-22)34-30(7-4-16-37-34)40(28)23-11-14-31-26(20-23)35-32(41-31)8-5-17-38-35/h2-20H,1H2. The molecule has 0 saturated heterocycles. The largest absolute Gasteiger partial charge is 0.454 e. The molecule has 0 aliphatic carbocycles. The first kappa shape index (κ1) is 22.1. The Morgan fingerprint density at radius 2 is 1.12 bits per heavy atom. The summed E-state index contributed by atoms with van der Waals surface area (Å²) in [5.74, 6) is 0. The molecule has 0 bridgehead atoms. The molecule has 0 atom stereocenters. The average molecular weight is 528 g/mol. The van der Waals surface area contributed by atoms with Crippen LogP contribution in [-0.2, 0) is 0 Å². The van der Waals surface area contributed by atoms with Gasteiger partial charge in [0, 0.05) is 46.1 Å². The van der Waals surface area contributed by atoms with Gasteiger partial charge in [-0.15, -0.1) is 0 Å². The molecule has 0 aliphatic rings. The maximum absolute atomic E-state index is 6.04. The Labute approximate surface area is 233 Å². The third-order valence-corrected chi connectivity index (χ3v) is 8.01. The van der Waals surface area contributed by atoms with Crippen molar-refractivity contribution in [2.75, 3.05) is 0 Å². The molecule has 41 heavy (non-hydrogen) atoms. The van der Waals surface area contributed by atoms with Gasteiger partial charge in [-0.05, 0) is 90.5 Å². The molecule has 192 valence electrons. The summed E-state index contributed by atoms with van der Waals surface area (Å²) in [7, 11) is 0. The highest BCUT2D eigenvalue weighted by atomic mass is 16.3. The number of furan rings is 1. The number of pyridine rings is 3. The van der Waals surface area contributed by atoms with Gasteiger partial charge >= 0.3 is 0 Å². The molecule has 0 saturated carbocycles. The Morgan fingerprint density at radius 1 is 0.537 bits per heavy atom. The lowest BCUT2D eigenvalue weighted by molar-refractivity contribution is 0.668. The number of fused-ring (bicyclic) bond motifs is 9. The zero-order chi connectivity index (χ0) is 27.1. The molecule has 0 amide bonds. The monoisotopic (exact) mass is 527 g/mol. The summed E-state index contributed by atoms with van der Waals surface area (Å²) < 4.78 is 10.6. The summed E-state index contributed by atoms with van der Waals surface area (Å²) in [5.41, 5.74) is 11.8. The quantitative estimate of drug-likeness (QED) is 0.231. The van der Waals surface area contributed by atoms with Crippen molar-refractivity contribution in [3.05, 3.63) is 122 Å². The fraction of sp³-hybridized carbons (Fsp3) is 0. The molecule has 9 aromatic rings. The molecule has 6 nitrogen and oxygen atoms in total. The molecule has 0 aliphatic heterocycles. The first-order chi connectivity index (χ1) is 20.3. The van der Waals surface area contributed by atoms with Crippen LogP contribution in [0.3, 0.4) is 0 Å². The minimum atomic E-state index is 0.786. The van der Waals surface area contributed by atoms with Crippen LogP contribution in [0.15, 0.2) is 121 Å². The van der Waals surface area contributed by atoms with Crippen LogP contribution in [0.4, 0.5) is 0 Å². The fourth-order valence-corrected chi connectivity index (χ4v) is 6.22. The van der Waals surface area contributed by atoms with Gasteiger partial charge in [0.25, 0.3) is 0 Å². The zero-order valence-corrected chi connectivity index (χ0v) is 21.8. The number of rotatable bonds is 3. The molecule has 0 spiro atoms. The van der Waals surface area contributed by atoms with Crippen LogP contribution in [0, 0.1) is 0 Å². The lowest BCUT2D eigenvalue weighted by Gasteiger charge is -2.10. The first-order valence-corrected chi connectivity index (χ1v) is 13.5. The maximum Gasteiger partial charge on any atom is 0.153 e. The Kier molecular flexibility index (Phi) is 4.38. The van der Waals surface area contributed by atoms with E-state index in [4.69, 9.17) is 14.4 Å². The van der Waals surface area contributed by atoms with E-state index in [2.05, 4.69) is 81.4 Å². The molecule has 3 aromatic carbocycles. The third-order valence-electron chi connectivity index (χ3n) is 8.01. The molecule has 6 heteroatoms. The van der Waals surface area contributed by atoms with Gasteiger partial charge in [-0.2, -0.15) is 0 Å². The summed E-state index contributed by atoms with van der Waals surface area (Å²) >= 11 is 0. The maximum atomic E-state index is 6.04. The van der Waals surface area contributed by atoms with E-state index in [0.717, 1.165) is 82.9 Å². The van der Waals surface area contributed by atoms with Gasteiger partial charge < -0.3 is 13.6 Å². The second kappa shape index (κ2) is 8.13. The van der Waals surface area contributed by atoms with E-state index >= 15 is 0 Å². The topological polar surface area (TPSA) is 61.7 Å². The lowest BCUT2D eigenvalue weighted by atomic mass is 10.1. The minimum absolute atomic E-state index is 0.786. The van der Waals surface area contributed by atoms with Crippen LogP contribution in [0.1, 0.15) is 5.56 Å². The number of nitrogens with zero attached hydrogens (tertiary/aromatic N) is 5. The molecule has 6 heterocycles. The SMILES string of the molecule is C=Cc1ccc2c(c1)c1ncccc1n2-c1ccc2c(c1)c1ncccc1n2-c1ccc2oc3cccnc3c2c1. The van der Waals surface area contributed by atoms with Crippen LogP contribution >= 0.6 is 0 Å². The van der Waals surface area contributed by atoms with Gasteiger partial charge in [0.2, 0.25) is 0 Å². The molecule has 0 N–H and O–H groups in total. The van der Waals surface area contributed by atoms with Gasteiger partial charge in [0.05, 0.1) is 33.1 Å². The normalized spacial score (nSPS) is 12.0. The highest BCUT2D eigenvalue weighted by molar-refractivity contribution is 6.11. The highest BCUT2D eigenvalue weighted by Crippen LogP contribution is 2.37. The fourth-order valence-electron chi connectivity index (χ4n) is 6.22. The summed E-state index contributed by atoms with van der Waals surface area (Å²) in [5, 5.41) is 3.17. The van der Waals surface area contributed by atoms with E-state index in [0.29, 0.717) is 0 Å². The van der Waals surface area contributed by atoms with Crippen molar-refractivity contribution in [2.45, 2.75) is 0 Å². The van der Waals surface area contributed by atoms with E-state index < -0.39 is 0 Å². The predicted octanol–water partition coefficient (Wildman–Crippen LogP) is 8.61. The third kappa shape index (κ3) is 3.04. The van der Waals surface area contributed by atoms with Crippen molar-refractivity contribution in [1.82, 2.24) is 24.1 Å². The molecular weight excluding hydrogens is 506 g/mol. The van der Waals surface area contributed by atoms with Gasteiger partial charge in [-0.1, -0.05) is 18.7 Å². The molecular formula is C35H21N5O. The summed E-state index contributed by atoms with van der Waals surface area (Å²) in [6.45, 7) is 3.96. The van der Waals surface area contributed by atoms with Gasteiger partial charge in [0.1, 0.15) is 11.1 Å². The summed E-state index contributed by atoms with van der Waals surface area (Å²) in [4.78, 5) is 14.2. The van der Waals surface area contributed by atoms with E-state index in [1.54, 1.807) is 6.20 Å². The van der Waals surface area contributed by atoms with Crippen LogP contribution in [0.5, 0.6) is 0 Å². The van der Waals surface area contributed by atoms with Crippen molar-refractivity contribution >= 4 is 72.0 Å². The second-order valence-electron chi connectivity index (χ2n) is 10.2. The van der Waals surface area contributed by atoms with Gasteiger partial charge in [0.15, 0.2) is 5.58 Å². The van der Waals surface area contributed by atoms with Crippen molar-refractivity contribution in [2.24, 2.45) is 0 Å². The molecule has 0 fully saturated rings. The van der Waals surface area contributed by atoms with Gasteiger partial charge in [-0.25, -0.2) is 0 Å². The Bertz CT molecular complexity index is 2510. The number of hydrogen-bond donors (Lipinski definition) is 0.